The molecule has 0 unspecified atom stereocenters. The van der Waals surface area contributed by atoms with Gasteiger partial charge in [-0.2, -0.15) is 4.57 Å². The van der Waals surface area contributed by atoms with E-state index in [0.717, 1.165) is 82.8 Å². The Kier molecular flexibility index (Phi) is 7.21. The Bertz CT molecular complexity index is 3170. The Balaban J connectivity index is 1.12. The number of thiazole rings is 1. The summed E-state index contributed by atoms with van der Waals surface area (Å²) in [5, 5.41) is 2.90. The molecule has 0 atom stereocenters. The molecule has 11 aromatic rings. The predicted octanol–water partition coefficient (Wildman–Crippen LogP) is 11.5. The van der Waals surface area contributed by atoms with Gasteiger partial charge in [-0.15, -0.1) is 11.3 Å². The summed E-state index contributed by atoms with van der Waals surface area (Å²) in [4.78, 5) is 24.0. The summed E-state index contributed by atoms with van der Waals surface area (Å²) in [5.41, 5.74) is 10.4. The quantitative estimate of drug-likeness (QED) is 0.173. The summed E-state index contributed by atoms with van der Waals surface area (Å²) in [6, 6.07) is 57.8. The van der Waals surface area contributed by atoms with Crippen molar-refractivity contribution in [3.8, 4) is 61.8 Å². The minimum atomic E-state index is 0.565. The number of aromatic amines is 1. The van der Waals surface area contributed by atoms with E-state index in [0.29, 0.717) is 17.5 Å². The van der Waals surface area contributed by atoms with Crippen LogP contribution < -0.4 is 4.57 Å². The maximum atomic E-state index is 6.60. The van der Waals surface area contributed by atoms with E-state index in [1.807, 2.05) is 72.8 Å². The van der Waals surface area contributed by atoms with Crippen LogP contribution in [-0.4, -0.2) is 24.9 Å². The Morgan fingerprint density at radius 3 is 1.84 bits per heavy atom. The second-order valence-corrected chi connectivity index (χ2v) is 14.4. The molecule has 0 aliphatic rings. The van der Waals surface area contributed by atoms with Gasteiger partial charge in [0.15, 0.2) is 28.5 Å². The van der Waals surface area contributed by atoms with Crippen LogP contribution in [0.4, 0.5) is 0 Å². The monoisotopic (exact) mass is 725 g/mol. The van der Waals surface area contributed by atoms with E-state index < -0.39 is 0 Å². The number of fused-ring (bicyclic) bond motifs is 5. The third-order valence-electron chi connectivity index (χ3n) is 10.0. The molecule has 7 aromatic carbocycles. The smallest absolute Gasteiger partial charge is 0.293 e. The standard InChI is InChI=1S/C47H28N6OS/c1-3-13-29(14-4-1)43-50-44(30-25-27-31(28-26-30)47-49-36-20-8-10-24-40(36)55-47)52-45(51-43)33-17-11-22-38-41(33)42-34(18-12-23-39(42)54-38)46-48-35-19-7-9-21-37(35)53(46)32-15-5-2-6-16-32/h1-28H/p+1. The zero-order valence-corrected chi connectivity index (χ0v) is 30.0. The van der Waals surface area contributed by atoms with Crippen LogP contribution in [0.2, 0.25) is 0 Å². The van der Waals surface area contributed by atoms with E-state index in [9.17, 15) is 0 Å². The molecule has 11 rings (SSSR count). The zero-order chi connectivity index (χ0) is 36.3. The van der Waals surface area contributed by atoms with Crippen molar-refractivity contribution in [2.75, 3.05) is 0 Å². The number of nitrogens with zero attached hydrogens (tertiary/aromatic N) is 5. The number of para-hydroxylation sites is 4. The van der Waals surface area contributed by atoms with Gasteiger partial charge in [-0.3, -0.25) is 0 Å². The maximum absolute atomic E-state index is 6.60. The first-order valence-corrected chi connectivity index (χ1v) is 18.9. The molecule has 0 saturated carbocycles. The molecule has 0 bridgehead atoms. The molecule has 4 heterocycles. The summed E-state index contributed by atoms with van der Waals surface area (Å²) in [6.07, 6.45) is 0. The molecule has 0 spiro atoms. The van der Waals surface area contributed by atoms with Crippen LogP contribution in [0.25, 0.3) is 105 Å². The summed E-state index contributed by atoms with van der Waals surface area (Å²) < 4.78 is 10.0. The Morgan fingerprint density at radius 2 is 1.07 bits per heavy atom. The van der Waals surface area contributed by atoms with Crippen LogP contribution >= 0.6 is 11.3 Å². The minimum absolute atomic E-state index is 0.565. The number of furan rings is 1. The lowest BCUT2D eigenvalue weighted by Gasteiger charge is -2.10. The molecule has 0 saturated heterocycles. The van der Waals surface area contributed by atoms with E-state index in [1.54, 1.807) is 11.3 Å². The molecular weight excluding hydrogens is 697 g/mol. The highest BCUT2D eigenvalue weighted by Crippen LogP contribution is 2.41. The van der Waals surface area contributed by atoms with Crippen molar-refractivity contribution >= 4 is 54.5 Å². The number of aromatic nitrogens is 6. The lowest BCUT2D eigenvalue weighted by Crippen LogP contribution is -2.31. The number of benzene rings is 7. The second-order valence-electron chi connectivity index (χ2n) is 13.4. The largest absolute Gasteiger partial charge is 0.456 e. The van der Waals surface area contributed by atoms with Crippen molar-refractivity contribution in [2.45, 2.75) is 0 Å². The Labute approximate surface area is 318 Å². The van der Waals surface area contributed by atoms with Crippen LogP contribution in [0.15, 0.2) is 174 Å². The third-order valence-corrected chi connectivity index (χ3v) is 11.1. The van der Waals surface area contributed by atoms with Gasteiger partial charge in [0.25, 0.3) is 5.82 Å². The number of hydrogen-bond acceptors (Lipinski definition) is 6. The molecule has 1 N–H and O–H groups in total. The van der Waals surface area contributed by atoms with Crippen molar-refractivity contribution in [3.05, 3.63) is 170 Å². The van der Waals surface area contributed by atoms with E-state index in [4.69, 9.17) is 24.4 Å². The van der Waals surface area contributed by atoms with Gasteiger partial charge >= 0.3 is 0 Å². The molecule has 0 fully saturated rings. The van der Waals surface area contributed by atoms with Gasteiger partial charge in [0.1, 0.15) is 21.9 Å². The van der Waals surface area contributed by atoms with Gasteiger partial charge < -0.3 is 4.42 Å². The van der Waals surface area contributed by atoms with Crippen LogP contribution in [0.3, 0.4) is 0 Å². The molecule has 258 valence electrons. The van der Waals surface area contributed by atoms with Gasteiger partial charge in [0, 0.05) is 33.0 Å². The molecule has 8 heteroatoms. The van der Waals surface area contributed by atoms with E-state index >= 15 is 0 Å². The Hall–Kier alpha value is -7.29. The van der Waals surface area contributed by atoms with Gasteiger partial charge in [-0.25, -0.2) is 24.9 Å². The molecule has 55 heavy (non-hydrogen) atoms. The van der Waals surface area contributed by atoms with Crippen molar-refractivity contribution in [1.82, 2.24) is 24.9 Å². The van der Waals surface area contributed by atoms with E-state index in [2.05, 4.69) is 107 Å². The van der Waals surface area contributed by atoms with Gasteiger partial charge in [0.05, 0.1) is 15.8 Å². The van der Waals surface area contributed by atoms with Crippen molar-refractivity contribution in [3.63, 3.8) is 0 Å². The fourth-order valence-corrected chi connectivity index (χ4v) is 8.43. The van der Waals surface area contributed by atoms with Crippen molar-refractivity contribution < 1.29 is 8.98 Å². The highest BCUT2D eigenvalue weighted by atomic mass is 32.1. The van der Waals surface area contributed by atoms with Gasteiger partial charge in [0.2, 0.25) is 0 Å². The first-order chi connectivity index (χ1) is 27.2. The normalized spacial score (nSPS) is 11.6. The highest BCUT2D eigenvalue weighted by molar-refractivity contribution is 7.21. The highest BCUT2D eigenvalue weighted by Gasteiger charge is 2.27. The van der Waals surface area contributed by atoms with Crippen LogP contribution in [0.5, 0.6) is 0 Å². The molecule has 4 aromatic heterocycles. The van der Waals surface area contributed by atoms with E-state index in [1.165, 1.54) is 4.70 Å². The second kappa shape index (κ2) is 12.7. The van der Waals surface area contributed by atoms with Gasteiger partial charge in [-0.05, 0) is 54.6 Å². The van der Waals surface area contributed by atoms with Crippen molar-refractivity contribution in [1.29, 1.82) is 0 Å². The summed E-state index contributed by atoms with van der Waals surface area (Å²) >= 11 is 1.69. The molecular formula is C47H29N6OS+. The summed E-state index contributed by atoms with van der Waals surface area (Å²) in [5.74, 6) is 2.69. The fourth-order valence-electron chi connectivity index (χ4n) is 7.46. The molecule has 7 nitrogen and oxygen atoms in total. The average molecular weight is 726 g/mol. The first kappa shape index (κ1) is 31.3. The van der Waals surface area contributed by atoms with Crippen molar-refractivity contribution in [2.24, 2.45) is 0 Å². The predicted molar refractivity (Wildman–Crippen MR) is 221 cm³/mol. The lowest BCUT2D eigenvalue weighted by atomic mass is 10.0. The topological polar surface area (TPSA) is 84.4 Å². The summed E-state index contributed by atoms with van der Waals surface area (Å²) in [6.45, 7) is 0. The number of H-pyrrole nitrogens is 1. The van der Waals surface area contributed by atoms with Gasteiger partial charge in [-0.1, -0.05) is 115 Å². The van der Waals surface area contributed by atoms with Crippen LogP contribution in [0, 0.1) is 0 Å². The molecule has 0 aliphatic heterocycles. The number of rotatable bonds is 6. The molecule has 0 amide bonds. The van der Waals surface area contributed by atoms with Crippen LogP contribution in [-0.2, 0) is 0 Å². The maximum Gasteiger partial charge on any atom is 0.293 e. The Morgan fingerprint density at radius 1 is 0.473 bits per heavy atom. The minimum Gasteiger partial charge on any atom is -0.456 e. The fraction of sp³-hybridized carbons (Fsp3) is 0. The third kappa shape index (κ3) is 5.30. The first-order valence-electron chi connectivity index (χ1n) is 18.1. The zero-order valence-electron chi connectivity index (χ0n) is 29.2. The number of imidazole rings is 1. The average Bonchev–Trinajstić information content (AvgIpc) is 3.98. The number of nitrogens with one attached hydrogen (secondary N) is 1. The SMILES string of the molecule is c1ccc(-c2nc(-c3ccc(-c4nc5ccccc5s4)cc3)nc(-c3cccc4oc5cccc(-c6[nH]c7ccccc7[n+]6-c6ccccc6)c5c34)n2)cc1. The molecule has 0 aliphatic carbocycles. The van der Waals surface area contributed by atoms with E-state index in [-0.39, 0.29) is 0 Å². The number of hydrogen-bond donors (Lipinski definition) is 1. The molecule has 0 radical (unpaired) electrons. The van der Waals surface area contributed by atoms with Crippen LogP contribution in [0.1, 0.15) is 0 Å². The summed E-state index contributed by atoms with van der Waals surface area (Å²) in [7, 11) is 0. The lowest BCUT2D eigenvalue weighted by molar-refractivity contribution is -0.554.